The third-order valence-corrected chi connectivity index (χ3v) is 6.44. The summed E-state index contributed by atoms with van der Waals surface area (Å²) < 4.78 is 16.2. The van der Waals surface area contributed by atoms with Crippen LogP contribution < -0.4 is 5.56 Å². The van der Waals surface area contributed by atoms with Crippen LogP contribution in [0, 0.1) is 19.7 Å². The molecule has 0 atom stereocenters. The second-order valence-electron chi connectivity index (χ2n) is 8.10. The van der Waals surface area contributed by atoms with Gasteiger partial charge in [-0.2, -0.15) is 0 Å². The molecule has 2 aliphatic rings. The number of nitrogens with zero attached hydrogens (tertiary/aromatic N) is 2. The third kappa shape index (κ3) is 2.55. The van der Waals surface area contributed by atoms with Crippen LogP contribution in [0.3, 0.4) is 0 Å². The first-order valence-corrected chi connectivity index (χ1v) is 9.95. The largest absolute Gasteiger partial charge is 0.481 e. The lowest BCUT2D eigenvalue weighted by Gasteiger charge is -2.21. The van der Waals surface area contributed by atoms with E-state index in [0.29, 0.717) is 23.2 Å². The highest BCUT2D eigenvalue weighted by Gasteiger charge is 2.30. The highest BCUT2D eigenvalue weighted by atomic mass is 19.1. The summed E-state index contributed by atoms with van der Waals surface area (Å²) in [5, 5.41) is 10.0. The van der Waals surface area contributed by atoms with E-state index >= 15 is 0 Å². The van der Waals surface area contributed by atoms with Crippen molar-refractivity contribution in [3.63, 3.8) is 0 Å². The number of aromatic nitrogens is 2. The molecule has 1 aliphatic heterocycles. The molecule has 0 bridgehead atoms. The Labute approximate surface area is 166 Å². The lowest BCUT2D eigenvalue weighted by atomic mass is 9.85. The molecule has 29 heavy (non-hydrogen) atoms. The van der Waals surface area contributed by atoms with Gasteiger partial charge < -0.3 is 9.67 Å². The summed E-state index contributed by atoms with van der Waals surface area (Å²) >= 11 is 0. The normalized spacial score (nSPS) is 14.2. The summed E-state index contributed by atoms with van der Waals surface area (Å²) in [5.74, 6) is -1.15. The van der Waals surface area contributed by atoms with Crippen molar-refractivity contribution in [3.8, 4) is 11.4 Å². The van der Waals surface area contributed by atoms with Crippen LogP contribution in [0.25, 0.3) is 22.3 Å². The van der Waals surface area contributed by atoms with E-state index in [9.17, 15) is 14.0 Å². The molecular weight excluding hydrogens is 371 g/mol. The zero-order valence-electron chi connectivity index (χ0n) is 16.4. The molecule has 3 heterocycles. The lowest BCUT2D eigenvalue weighted by molar-refractivity contribution is -0.136. The Morgan fingerprint density at radius 3 is 2.72 bits per heavy atom. The van der Waals surface area contributed by atoms with E-state index in [1.54, 1.807) is 4.57 Å². The molecule has 5 nitrogen and oxygen atoms in total. The number of hydrogen-bond donors (Lipinski definition) is 1. The number of carbonyl (C=O) groups is 1. The van der Waals surface area contributed by atoms with Crippen molar-refractivity contribution in [2.45, 2.75) is 52.5 Å². The van der Waals surface area contributed by atoms with E-state index < -0.39 is 5.97 Å². The number of halogens is 1. The molecule has 6 heteroatoms. The second-order valence-corrected chi connectivity index (χ2v) is 8.10. The fourth-order valence-corrected chi connectivity index (χ4v) is 4.96. The Kier molecular flexibility index (Phi) is 3.88. The SMILES string of the molecule is Cc1cc2n(c(=O)c1CCC(=O)O)Cc1c-2nc2cc(F)c(C)c3c2c1CCC3. The van der Waals surface area contributed by atoms with Crippen molar-refractivity contribution in [1.29, 1.82) is 0 Å². The number of aryl methyl sites for hydroxylation is 3. The molecule has 0 saturated carbocycles. The van der Waals surface area contributed by atoms with Crippen LogP contribution in [0.2, 0.25) is 0 Å². The number of benzene rings is 1. The Morgan fingerprint density at radius 2 is 1.97 bits per heavy atom. The average molecular weight is 392 g/mol. The Morgan fingerprint density at radius 1 is 1.21 bits per heavy atom. The molecule has 0 amide bonds. The van der Waals surface area contributed by atoms with Crippen LogP contribution in [-0.4, -0.2) is 20.6 Å². The van der Waals surface area contributed by atoms with Crippen molar-refractivity contribution in [1.82, 2.24) is 9.55 Å². The molecule has 0 saturated heterocycles. The van der Waals surface area contributed by atoms with Gasteiger partial charge in [0, 0.05) is 29.0 Å². The lowest BCUT2D eigenvalue weighted by Crippen LogP contribution is -2.24. The van der Waals surface area contributed by atoms with Gasteiger partial charge in [-0.1, -0.05) is 0 Å². The number of pyridine rings is 2. The van der Waals surface area contributed by atoms with Gasteiger partial charge in [0.1, 0.15) is 5.82 Å². The van der Waals surface area contributed by atoms with Gasteiger partial charge >= 0.3 is 5.97 Å². The van der Waals surface area contributed by atoms with Gasteiger partial charge in [-0.25, -0.2) is 9.37 Å². The fraction of sp³-hybridized carbons (Fsp3) is 0.348. The summed E-state index contributed by atoms with van der Waals surface area (Å²) in [7, 11) is 0. The van der Waals surface area contributed by atoms with Gasteiger partial charge in [0.15, 0.2) is 0 Å². The monoisotopic (exact) mass is 392 g/mol. The first kappa shape index (κ1) is 18.0. The molecule has 2 aromatic heterocycles. The molecule has 0 radical (unpaired) electrons. The van der Waals surface area contributed by atoms with Crippen LogP contribution in [0.1, 0.15) is 46.2 Å². The molecule has 0 fully saturated rings. The predicted molar refractivity (Wildman–Crippen MR) is 108 cm³/mol. The van der Waals surface area contributed by atoms with Gasteiger partial charge in [-0.15, -0.1) is 0 Å². The number of rotatable bonds is 3. The van der Waals surface area contributed by atoms with Crippen LogP contribution in [0.15, 0.2) is 16.9 Å². The quantitative estimate of drug-likeness (QED) is 0.577. The van der Waals surface area contributed by atoms with E-state index in [-0.39, 0.29) is 24.2 Å². The van der Waals surface area contributed by atoms with Crippen molar-refractivity contribution in [3.05, 3.63) is 61.7 Å². The highest BCUT2D eigenvalue weighted by Crippen LogP contribution is 2.41. The summed E-state index contributed by atoms with van der Waals surface area (Å²) in [6, 6.07) is 3.43. The van der Waals surface area contributed by atoms with Crippen molar-refractivity contribution in [2.24, 2.45) is 0 Å². The number of aliphatic carboxylic acids is 1. The number of fused-ring (bicyclic) bond motifs is 4. The first-order valence-electron chi connectivity index (χ1n) is 9.95. The molecule has 148 valence electrons. The van der Waals surface area contributed by atoms with E-state index in [2.05, 4.69) is 0 Å². The molecule has 0 unspecified atom stereocenters. The predicted octanol–water partition coefficient (Wildman–Crippen LogP) is 3.69. The van der Waals surface area contributed by atoms with Gasteiger partial charge in [0.25, 0.3) is 5.56 Å². The Hall–Kier alpha value is -3.02. The maximum absolute atomic E-state index is 14.5. The zero-order valence-corrected chi connectivity index (χ0v) is 16.4. The molecular formula is C23H21FN2O3. The minimum absolute atomic E-state index is 0.0718. The van der Waals surface area contributed by atoms with Crippen LogP contribution >= 0.6 is 0 Å². The number of carboxylic acids is 1. The Bertz CT molecular complexity index is 1290. The van der Waals surface area contributed by atoms with Crippen molar-refractivity contribution < 1.29 is 14.3 Å². The zero-order chi connectivity index (χ0) is 20.4. The summed E-state index contributed by atoms with van der Waals surface area (Å²) in [6.45, 7) is 4.10. The summed E-state index contributed by atoms with van der Waals surface area (Å²) in [5.41, 5.74) is 7.31. The summed E-state index contributed by atoms with van der Waals surface area (Å²) in [6.07, 6.45) is 2.84. The molecule has 3 aromatic rings. The van der Waals surface area contributed by atoms with Gasteiger partial charge in [-0.05, 0) is 67.9 Å². The molecule has 1 aromatic carbocycles. The topological polar surface area (TPSA) is 72.2 Å². The van der Waals surface area contributed by atoms with E-state index in [1.165, 1.54) is 11.6 Å². The first-order chi connectivity index (χ1) is 13.9. The van der Waals surface area contributed by atoms with E-state index in [1.807, 2.05) is 19.9 Å². The molecule has 0 spiro atoms. The number of hydrogen-bond acceptors (Lipinski definition) is 3. The van der Waals surface area contributed by atoms with Crippen molar-refractivity contribution >= 4 is 16.9 Å². The van der Waals surface area contributed by atoms with Gasteiger partial charge in [0.05, 0.1) is 23.4 Å². The maximum atomic E-state index is 14.5. The van der Waals surface area contributed by atoms with E-state index in [0.717, 1.165) is 52.7 Å². The Balaban J connectivity index is 1.75. The fourth-order valence-electron chi connectivity index (χ4n) is 4.96. The van der Waals surface area contributed by atoms with Crippen LogP contribution in [-0.2, 0) is 30.6 Å². The smallest absolute Gasteiger partial charge is 0.303 e. The molecule has 1 N–H and O–H groups in total. The van der Waals surface area contributed by atoms with Crippen LogP contribution in [0.5, 0.6) is 0 Å². The third-order valence-electron chi connectivity index (χ3n) is 6.44. The van der Waals surface area contributed by atoms with Gasteiger partial charge in [0.2, 0.25) is 0 Å². The maximum Gasteiger partial charge on any atom is 0.303 e. The minimum atomic E-state index is -0.917. The second kappa shape index (κ2) is 6.24. The highest BCUT2D eigenvalue weighted by molar-refractivity contribution is 5.92. The average Bonchev–Trinajstić information content (AvgIpc) is 3.04. The minimum Gasteiger partial charge on any atom is -0.481 e. The molecule has 1 aliphatic carbocycles. The molecule has 5 rings (SSSR count). The van der Waals surface area contributed by atoms with Crippen molar-refractivity contribution in [2.75, 3.05) is 0 Å². The van der Waals surface area contributed by atoms with Gasteiger partial charge in [-0.3, -0.25) is 9.59 Å². The van der Waals surface area contributed by atoms with E-state index in [4.69, 9.17) is 10.1 Å². The number of carboxylic acid groups (broad SMARTS) is 1. The van der Waals surface area contributed by atoms with Crippen LogP contribution in [0.4, 0.5) is 4.39 Å². The standard InChI is InChI=1S/C23H21FN2O3/c1-11-8-19-22-16(10-26(19)23(29)13(11)6-7-20(27)28)15-5-3-4-14-12(2)17(24)9-18(25-22)21(14)15/h8-9H,3-7,10H2,1-2H3,(H,27,28). The summed E-state index contributed by atoms with van der Waals surface area (Å²) in [4.78, 5) is 28.9.